The Morgan fingerprint density at radius 2 is 2.10 bits per heavy atom. The van der Waals surface area contributed by atoms with Crippen LogP contribution in [0.2, 0.25) is 0 Å². The average molecular weight is 280 g/mol. The lowest BCUT2D eigenvalue weighted by atomic mass is 10.2. The van der Waals surface area contributed by atoms with E-state index in [4.69, 9.17) is 14.2 Å². The number of ether oxygens (including phenoxy) is 3. The van der Waals surface area contributed by atoms with Crippen molar-refractivity contribution in [3.63, 3.8) is 0 Å². The van der Waals surface area contributed by atoms with Crippen LogP contribution in [0.4, 0.5) is 0 Å². The molecule has 0 amide bonds. The van der Waals surface area contributed by atoms with E-state index in [0.717, 1.165) is 31.2 Å². The Labute approximate surface area is 121 Å². The van der Waals surface area contributed by atoms with Gasteiger partial charge in [0.05, 0.1) is 6.10 Å². The molecule has 1 aliphatic heterocycles. The fourth-order valence-corrected chi connectivity index (χ4v) is 2.31. The maximum atomic E-state index is 5.81. The maximum Gasteiger partial charge on any atom is 0.161 e. The quantitative estimate of drug-likeness (QED) is 0.736. The van der Waals surface area contributed by atoms with Crippen molar-refractivity contribution in [1.29, 1.82) is 0 Å². The molecule has 1 saturated heterocycles. The Hall–Kier alpha value is -1.26. The third kappa shape index (κ3) is 5.02. The normalized spacial score (nSPS) is 18.4. The van der Waals surface area contributed by atoms with Crippen LogP contribution in [-0.4, -0.2) is 38.5 Å². The average Bonchev–Trinajstić information content (AvgIpc) is 2.93. The highest BCUT2D eigenvalue weighted by molar-refractivity contribution is 5.39. The van der Waals surface area contributed by atoms with Gasteiger partial charge in [-0.05, 0) is 38.8 Å². The summed E-state index contributed by atoms with van der Waals surface area (Å²) >= 11 is 0. The van der Waals surface area contributed by atoms with Gasteiger partial charge in [-0.3, -0.25) is 0 Å². The maximum absolute atomic E-state index is 5.81. The second-order valence-corrected chi connectivity index (χ2v) is 5.41. The van der Waals surface area contributed by atoms with Gasteiger partial charge in [0.2, 0.25) is 0 Å². The van der Waals surface area contributed by atoms with Crippen LogP contribution in [0, 0.1) is 0 Å². The van der Waals surface area contributed by atoms with Crippen molar-refractivity contribution in [2.75, 3.05) is 26.3 Å². The Bertz CT molecular complexity index is 389. The van der Waals surface area contributed by atoms with Crippen LogP contribution in [0.1, 0.15) is 26.7 Å². The molecule has 0 unspecified atom stereocenters. The molecule has 1 heterocycles. The minimum atomic E-state index is 0.158. The summed E-state index contributed by atoms with van der Waals surface area (Å²) in [6.07, 6.45) is 2.99. The van der Waals surface area contributed by atoms with Gasteiger partial charge >= 0.3 is 0 Å². The van der Waals surface area contributed by atoms with E-state index in [0.29, 0.717) is 12.7 Å². The highest BCUT2D eigenvalue weighted by atomic mass is 16.5. The lowest BCUT2D eigenvalue weighted by Crippen LogP contribution is -2.87. The van der Waals surface area contributed by atoms with Crippen LogP contribution >= 0.6 is 0 Å². The molecule has 1 aromatic rings. The third-order valence-electron chi connectivity index (χ3n) is 3.24. The van der Waals surface area contributed by atoms with E-state index in [2.05, 4.69) is 5.32 Å². The van der Waals surface area contributed by atoms with Gasteiger partial charge in [0.25, 0.3) is 0 Å². The molecule has 0 aliphatic carbocycles. The summed E-state index contributed by atoms with van der Waals surface area (Å²) in [4.78, 5) is 0. The molecule has 1 aromatic carbocycles. The number of hydrogen-bond donors (Lipinski definition) is 1. The van der Waals surface area contributed by atoms with E-state index < -0.39 is 0 Å². The molecule has 4 nitrogen and oxygen atoms in total. The molecule has 1 aliphatic rings. The van der Waals surface area contributed by atoms with Crippen LogP contribution in [0.5, 0.6) is 11.5 Å². The zero-order valence-corrected chi connectivity index (χ0v) is 12.5. The summed E-state index contributed by atoms with van der Waals surface area (Å²) in [6, 6.07) is 7.84. The van der Waals surface area contributed by atoms with Gasteiger partial charge in [-0.15, -0.1) is 0 Å². The Morgan fingerprint density at radius 3 is 2.80 bits per heavy atom. The van der Waals surface area contributed by atoms with Crippen molar-refractivity contribution in [3.8, 4) is 11.5 Å². The molecule has 4 heteroatoms. The van der Waals surface area contributed by atoms with Crippen molar-refractivity contribution in [3.05, 3.63) is 24.3 Å². The van der Waals surface area contributed by atoms with Crippen molar-refractivity contribution >= 4 is 0 Å². The monoisotopic (exact) mass is 280 g/mol. The van der Waals surface area contributed by atoms with Gasteiger partial charge in [0.1, 0.15) is 25.8 Å². The van der Waals surface area contributed by atoms with E-state index in [1.807, 2.05) is 38.1 Å². The standard InChI is InChI=1S/C16H25NO3/c1-13(2)20-16-8-4-3-7-15(16)19-11-9-17-12-14-6-5-10-18-14/h3-4,7-8,13-14,17H,5-6,9-12H2,1-2H3/p+1/t14-/m0/s1. The number of quaternary nitrogens is 1. The molecule has 0 radical (unpaired) electrons. The Kier molecular flexibility index (Phi) is 6.15. The highest BCUT2D eigenvalue weighted by Gasteiger charge is 2.16. The molecule has 2 N–H and O–H groups in total. The zero-order chi connectivity index (χ0) is 14.2. The molecule has 1 fully saturated rings. The first kappa shape index (κ1) is 15.1. The van der Waals surface area contributed by atoms with E-state index in [1.165, 1.54) is 12.8 Å². The number of benzene rings is 1. The van der Waals surface area contributed by atoms with E-state index in [9.17, 15) is 0 Å². The highest BCUT2D eigenvalue weighted by Crippen LogP contribution is 2.27. The number of hydrogen-bond acceptors (Lipinski definition) is 3. The molecule has 0 saturated carbocycles. The summed E-state index contributed by atoms with van der Waals surface area (Å²) in [5.74, 6) is 1.65. The first-order valence-electron chi connectivity index (χ1n) is 7.57. The molecule has 0 bridgehead atoms. The largest absolute Gasteiger partial charge is 0.487 e. The van der Waals surface area contributed by atoms with Crippen molar-refractivity contribution in [2.45, 2.75) is 38.9 Å². The Balaban J connectivity index is 1.67. The second-order valence-electron chi connectivity index (χ2n) is 5.41. The number of nitrogens with two attached hydrogens (primary N) is 1. The van der Waals surface area contributed by atoms with Crippen LogP contribution in [0.3, 0.4) is 0 Å². The van der Waals surface area contributed by atoms with E-state index in [1.54, 1.807) is 0 Å². The molecule has 1 atom stereocenters. The number of rotatable bonds is 8. The number of para-hydroxylation sites is 2. The molecule has 112 valence electrons. The molecule has 2 rings (SSSR count). The van der Waals surface area contributed by atoms with Gasteiger partial charge in [0, 0.05) is 6.61 Å². The van der Waals surface area contributed by atoms with Gasteiger partial charge in [0.15, 0.2) is 11.5 Å². The molecule has 20 heavy (non-hydrogen) atoms. The smallest absolute Gasteiger partial charge is 0.161 e. The van der Waals surface area contributed by atoms with Crippen molar-refractivity contribution in [1.82, 2.24) is 0 Å². The fraction of sp³-hybridized carbons (Fsp3) is 0.625. The van der Waals surface area contributed by atoms with Gasteiger partial charge in [-0.25, -0.2) is 0 Å². The second kappa shape index (κ2) is 8.12. The van der Waals surface area contributed by atoms with E-state index >= 15 is 0 Å². The first-order valence-corrected chi connectivity index (χ1v) is 7.57. The zero-order valence-electron chi connectivity index (χ0n) is 12.5. The predicted molar refractivity (Wildman–Crippen MR) is 78.3 cm³/mol. The Morgan fingerprint density at radius 1 is 1.30 bits per heavy atom. The predicted octanol–water partition coefficient (Wildman–Crippen LogP) is 1.59. The SMILES string of the molecule is CC(C)Oc1ccccc1OCC[NH2+]C[C@@H]1CCCO1. The molecule has 0 aromatic heterocycles. The van der Waals surface area contributed by atoms with Crippen molar-refractivity contribution in [2.24, 2.45) is 0 Å². The van der Waals surface area contributed by atoms with Crippen molar-refractivity contribution < 1.29 is 19.5 Å². The molecular weight excluding hydrogens is 254 g/mol. The minimum absolute atomic E-state index is 0.158. The lowest BCUT2D eigenvalue weighted by Gasteiger charge is -2.14. The topological polar surface area (TPSA) is 44.3 Å². The summed E-state index contributed by atoms with van der Waals surface area (Å²) in [6.45, 7) is 7.63. The van der Waals surface area contributed by atoms with Crippen LogP contribution in [-0.2, 0) is 4.74 Å². The van der Waals surface area contributed by atoms with Crippen LogP contribution < -0.4 is 14.8 Å². The summed E-state index contributed by atoms with van der Waals surface area (Å²) < 4.78 is 17.1. The van der Waals surface area contributed by atoms with Crippen LogP contribution in [0.25, 0.3) is 0 Å². The van der Waals surface area contributed by atoms with Gasteiger partial charge < -0.3 is 19.5 Å². The summed E-state index contributed by atoms with van der Waals surface area (Å²) in [5.41, 5.74) is 0. The minimum Gasteiger partial charge on any atom is -0.487 e. The van der Waals surface area contributed by atoms with Gasteiger partial charge in [-0.2, -0.15) is 0 Å². The van der Waals surface area contributed by atoms with E-state index in [-0.39, 0.29) is 6.10 Å². The summed E-state index contributed by atoms with van der Waals surface area (Å²) in [7, 11) is 0. The van der Waals surface area contributed by atoms with Crippen LogP contribution in [0.15, 0.2) is 24.3 Å². The fourth-order valence-electron chi connectivity index (χ4n) is 2.31. The lowest BCUT2D eigenvalue weighted by molar-refractivity contribution is -0.661. The third-order valence-corrected chi connectivity index (χ3v) is 3.24. The molecular formula is C16H26NO3+. The summed E-state index contributed by atoms with van der Waals surface area (Å²) in [5, 5.41) is 2.27. The van der Waals surface area contributed by atoms with Gasteiger partial charge in [-0.1, -0.05) is 12.1 Å². The molecule has 0 spiro atoms. The first-order chi connectivity index (χ1) is 9.75.